The molecule has 5 heteroatoms. The third-order valence-electron chi connectivity index (χ3n) is 2.91. The van der Waals surface area contributed by atoms with Gasteiger partial charge in [0.25, 0.3) is 0 Å². The van der Waals surface area contributed by atoms with E-state index in [9.17, 15) is 4.79 Å². The van der Waals surface area contributed by atoms with E-state index in [4.69, 9.17) is 5.73 Å². The van der Waals surface area contributed by atoms with E-state index in [1.165, 1.54) is 5.56 Å². The zero-order valence-electron chi connectivity index (χ0n) is 10.7. The molecule has 1 atom stereocenters. The van der Waals surface area contributed by atoms with Crippen LogP contribution in [0.4, 0.5) is 0 Å². The Morgan fingerprint density at radius 3 is 2.72 bits per heavy atom. The molecule has 0 saturated heterocycles. The van der Waals surface area contributed by atoms with Crippen LogP contribution in [-0.4, -0.2) is 30.4 Å². The zero-order valence-corrected chi connectivity index (χ0v) is 13.1. The molecule has 0 spiro atoms. The van der Waals surface area contributed by atoms with Crippen LogP contribution in [-0.2, 0) is 11.2 Å². The molecule has 0 bridgehead atoms. The molecule has 18 heavy (non-hydrogen) atoms. The third-order valence-corrected chi connectivity index (χ3v) is 3.41. The minimum atomic E-state index is 0. The fourth-order valence-electron chi connectivity index (χ4n) is 1.52. The lowest BCUT2D eigenvalue weighted by Gasteiger charge is -2.23. The van der Waals surface area contributed by atoms with Crippen LogP contribution in [0.3, 0.4) is 0 Å². The van der Waals surface area contributed by atoms with E-state index in [-0.39, 0.29) is 24.4 Å². The van der Waals surface area contributed by atoms with Gasteiger partial charge in [0, 0.05) is 30.5 Å². The van der Waals surface area contributed by atoms with Crippen molar-refractivity contribution >= 4 is 34.2 Å². The Morgan fingerprint density at radius 2 is 2.17 bits per heavy atom. The summed E-state index contributed by atoms with van der Waals surface area (Å²) in [5.74, 6) is 0.142. The molecule has 1 aromatic rings. The van der Waals surface area contributed by atoms with Crippen LogP contribution >= 0.6 is 28.3 Å². The number of rotatable bonds is 5. The van der Waals surface area contributed by atoms with E-state index < -0.39 is 0 Å². The SMILES string of the molecule is CC(CN)N(C)C(=O)CCc1cccc(Br)c1.Cl. The number of hydrogen-bond donors (Lipinski definition) is 1. The van der Waals surface area contributed by atoms with Gasteiger partial charge in [0.15, 0.2) is 0 Å². The summed E-state index contributed by atoms with van der Waals surface area (Å²) in [6.07, 6.45) is 1.29. The molecule has 1 unspecified atom stereocenters. The molecule has 0 aliphatic carbocycles. The summed E-state index contributed by atoms with van der Waals surface area (Å²) >= 11 is 3.42. The van der Waals surface area contributed by atoms with E-state index in [1.54, 1.807) is 11.9 Å². The van der Waals surface area contributed by atoms with Gasteiger partial charge >= 0.3 is 0 Å². The largest absolute Gasteiger partial charge is 0.342 e. The van der Waals surface area contributed by atoms with E-state index >= 15 is 0 Å². The van der Waals surface area contributed by atoms with Crippen LogP contribution in [0.5, 0.6) is 0 Å². The highest BCUT2D eigenvalue weighted by molar-refractivity contribution is 9.10. The predicted molar refractivity (Wildman–Crippen MR) is 81.0 cm³/mol. The zero-order chi connectivity index (χ0) is 12.8. The fraction of sp³-hybridized carbons (Fsp3) is 0.462. The van der Waals surface area contributed by atoms with Crippen LogP contribution in [0.25, 0.3) is 0 Å². The molecular weight excluding hydrogens is 316 g/mol. The van der Waals surface area contributed by atoms with Gasteiger partial charge < -0.3 is 10.6 Å². The standard InChI is InChI=1S/C13H19BrN2O.ClH/c1-10(9-15)16(2)13(17)7-6-11-4-3-5-12(14)8-11;/h3-5,8,10H,6-7,9,15H2,1-2H3;1H. The van der Waals surface area contributed by atoms with Gasteiger partial charge in [-0.3, -0.25) is 4.79 Å². The summed E-state index contributed by atoms with van der Waals surface area (Å²) in [5.41, 5.74) is 6.71. The monoisotopic (exact) mass is 334 g/mol. The Bertz CT molecular complexity index is 387. The van der Waals surface area contributed by atoms with E-state index in [0.717, 1.165) is 10.9 Å². The molecule has 0 radical (unpaired) electrons. The van der Waals surface area contributed by atoms with Crippen molar-refractivity contribution in [2.75, 3.05) is 13.6 Å². The normalized spacial score (nSPS) is 11.6. The van der Waals surface area contributed by atoms with E-state index in [0.29, 0.717) is 13.0 Å². The molecule has 0 heterocycles. The lowest BCUT2D eigenvalue weighted by molar-refractivity contribution is -0.131. The van der Waals surface area contributed by atoms with Crippen molar-refractivity contribution in [1.29, 1.82) is 0 Å². The van der Waals surface area contributed by atoms with Gasteiger partial charge in [-0.25, -0.2) is 0 Å². The number of likely N-dealkylation sites (N-methyl/N-ethyl adjacent to an activating group) is 1. The molecule has 2 N–H and O–H groups in total. The Morgan fingerprint density at radius 1 is 1.50 bits per heavy atom. The van der Waals surface area contributed by atoms with Crippen molar-refractivity contribution in [2.45, 2.75) is 25.8 Å². The summed E-state index contributed by atoms with van der Waals surface area (Å²) in [6, 6.07) is 8.14. The number of halogens is 2. The average Bonchev–Trinajstić information content (AvgIpc) is 2.34. The molecule has 0 aliphatic rings. The van der Waals surface area contributed by atoms with Gasteiger partial charge in [-0.05, 0) is 31.0 Å². The van der Waals surface area contributed by atoms with Crippen molar-refractivity contribution in [3.05, 3.63) is 34.3 Å². The second-order valence-electron chi connectivity index (χ2n) is 4.22. The van der Waals surface area contributed by atoms with E-state index in [2.05, 4.69) is 15.9 Å². The van der Waals surface area contributed by atoms with Crippen LogP contribution in [0, 0.1) is 0 Å². The van der Waals surface area contributed by atoms with Gasteiger partial charge in [0.05, 0.1) is 0 Å². The number of benzene rings is 1. The Balaban J connectivity index is 0.00000289. The smallest absolute Gasteiger partial charge is 0.222 e. The lowest BCUT2D eigenvalue weighted by Crippen LogP contribution is -2.39. The molecule has 0 aliphatic heterocycles. The van der Waals surface area contributed by atoms with Crippen molar-refractivity contribution in [3.8, 4) is 0 Å². The molecule has 102 valence electrons. The fourth-order valence-corrected chi connectivity index (χ4v) is 1.97. The summed E-state index contributed by atoms with van der Waals surface area (Å²) in [5, 5.41) is 0. The molecular formula is C13H20BrClN2O. The first kappa shape index (κ1) is 17.4. The maximum atomic E-state index is 11.9. The number of amides is 1. The molecule has 0 aromatic heterocycles. The molecule has 0 saturated carbocycles. The van der Waals surface area contributed by atoms with Gasteiger partial charge in [-0.1, -0.05) is 28.1 Å². The first-order valence-electron chi connectivity index (χ1n) is 5.74. The van der Waals surface area contributed by atoms with Gasteiger partial charge in [0.2, 0.25) is 5.91 Å². The summed E-state index contributed by atoms with van der Waals surface area (Å²) < 4.78 is 1.05. The van der Waals surface area contributed by atoms with Gasteiger partial charge in [-0.15, -0.1) is 12.4 Å². The minimum Gasteiger partial charge on any atom is -0.342 e. The Labute approximate surface area is 123 Å². The van der Waals surface area contributed by atoms with Gasteiger partial charge in [0.1, 0.15) is 0 Å². The third kappa shape index (κ3) is 5.38. The second kappa shape index (κ2) is 8.51. The number of nitrogens with two attached hydrogens (primary N) is 1. The molecule has 1 rings (SSSR count). The highest BCUT2D eigenvalue weighted by atomic mass is 79.9. The minimum absolute atomic E-state index is 0. The Kier molecular flexibility index (Phi) is 8.24. The Hall–Kier alpha value is -0.580. The van der Waals surface area contributed by atoms with Crippen molar-refractivity contribution < 1.29 is 4.79 Å². The van der Waals surface area contributed by atoms with Crippen LogP contribution in [0.2, 0.25) is 0 Å². The number of nitrogens with zero attached hydrogens (tertiary/aromatic N) is 1. The van der Waals surface area contributed by atoms with Gasteiger partial charge in [-0.2, -0.15) is 0 Å². The quantitative estimate of drug-likeness (QED) is 0.899. The highest BCUT2D eigenvalue weighted by Crippen LogP contribution is 2.13. The van der Waals surface area contributed by atoms with Crippen molar-refractivity contribution in [3.63, 3.8) is 0 Å². The summed E-state index contributed by atoms with van der Waals surface area (Å²) in [7, 11) is 1.81. The topological polar surface area (TPSA) is 46.3 Å². The van der Waals surface area contributed by atoms with Crippen LogP contribution in [0.15, 0.2) is 28.7 Å². The molecule has 0 fully saturated rings. The summed E-state index contributed by atoms with van der Waals surface area (Å²) in [4.78, 5) is 13.6. The maximum absolute atomic E-state index is 11.9. The number of carbonyl (C=O) groups is 1. The van der Waals surface area contributed by atoms with E-state index in [1.807, 2.05) is 31.2 Å². The molecule has 3 nitrogen and oxygen atoms in total. The van der Waals surface area contributed by atoms with Crippen LogP contribution in [0.1, 0.15) is 18.9 Å². The number of aryl methyl sites for hydroxylation is 1. The number of carbonyl (C=O) groups excluding carboxylic acids is 1. The molecule has 1 amide bonds. The average molecular weight is 336 g/mol. The predicted octanol–water partition coefficient (Wildman–Crippen LogP) is 2.61. The summed E-state index contributed by atoms with van der Waals surface area (Å²) in [6.45, 7) is 2.45. The second-order valence-corrected chi connectivity index (χ2v) is 5.13. The van der Waals surface area contributed by atoms with Crippen molar-refractivity contribution in [2.24, 2.45) is 5.73 Å². The highest BCUT2D eigenvalue weighted by Gasteiger charge is 2.13. The van der Waals surface area contributed by atoms with Crippen molar-refractivity contribution in [1.82, 2.24) is 4.90 Å². The maximum Gasteiger partial charge on any atom is 0.222 e. The molecule has 1 aromatic carbocycles. The number of hydrogen-bond acceptors (Lipinski definition) is 2. The van der Waals surface area contributed by atoms with Crippen LogP contribution < -0.4 is 5.73 Å². The first-order chi connectivity index (χ1) is 8.04. The first-order valence-corrected chi connectivity index (χ1v) is 6.54. The lowest BCUT2D eigenvalue weighted by atomic mass is 10.1.